The number of aromatic nitrogens is 5. The van der Waals surface area contributed by atoms with Crippen molar-refractivity contribution in [1.82, 2.24) is 23.9 Å². The summed E-state index contributed by atoms with van der Waals surface area (Å²) in [5.41, 5.74) is 5.06. The van der Waals surface area contributed by atoms with Crippen molar-refractivity contribution in [2.45, 2.75) is 45.3 Å². The molecule has 12 heteroatoms. The lowest BCUT2D eigenvalue weighted by atomic mass is 10.2. The summed E-state index contributed by atoms with van der Waals surface area (Å²) >= 11 is 0. The Bertz CT molecular complexity index is 1370. The summed E-state index contributed by atoms with van der Waals surface area (Å²) < 4.78 is 9.04. The van der Waals surface area contributed by atoms with Gasteiger partial charge in [-0.3, -0.25) is 23.7 Å². The Morgan fingerprint density at radius 2 is 1.94 bits per heavy atom. The van der Waals surface area contributed by atoms with Gasteiger partial charge in [0.05, 0.1) is 13.2 Å². The molecule has 1 amide bonds. The molecular weight excluding hydrogens is 454 g/mol. The minimum Gasteiger partial charge on any atom is -0.383 e. The predicted molar refractivity (Wildman–Crippen MR) is 130 cm³/mol. The third kappa shape index (κ3) is 5.11. The maximum Gasteiger partial charge on any atom is 0.346 e. The lowest BCUT2D eigenvalue weighted by Gasteiger charge is -2.24. The Morgan fingerprint density at radius 3 is 2.69 bits per heavy atom. The first kappa shape index (κ1) is 24.2. The molecule has 0 fully saturated rings. The topological polar surface area (TPSA) is 150 Å². The van der Waals surface area contributed by atoms with Gasteiger partial charge in [0.2, 0.25) is 5.91 Å². The predicted octanol–water partition coefficient (Wildman–Crippen LogP) is -0.0687. The van der Waals surface area contributed by atoms with Gasteiger partial charge < -0.3 is 15.4 Å². The van der Waals surface area contributed by atoms with Gasteiger partial charge in [0.15, 0.2) is 5.69 Å². The monoisotopic (exact) mass is 483 g/mol. The molecule has 0 saturated heterocycles. The van der Waals surface area contributed by atoms with E-state index in [4.69, 9.17) is 10.5 Å². The van der Waals surface area contributed by atoms with Crippen molar-refractivity contribution < 1.29 is 9.53 Å². The first-order valence-corrected chi connectivity index (χ1v) is 11.5. The third-order valence-corrected chi connectivity index (χ3v) is 6.05. The maximum absolute atomic E-state index is 13.4. The number of H-pyrrole nitrogens is 1. The Labute approximate surface area is 200 Å². The van der Waals surface area contributed by atoms with Crippen LogP contribution in [0.15, 0.2) is 44.7 Å². The number of aromatic amines is 1. The molecule has 2 aromatic heterocycles. The number of nitrogen functional groups attached to an aromatic ring is 1. The number of hydrogen-bond acceptors (Lipinski definition) is 7. The molecule has 12 nitrogen and oxygen atoms in total. The summed E-state index contributed by atoms with van der Waals surface area (Å²) in [5, 5.41) is 4.35. The van der Waals surface area contributed by atoms with Gasteiger partial charge in [-0.1, -0.05) is 36.8 Å². The van der Waals surface area contributed by atoms with E-state index in [1.807, 2.05) is 30.3 Å². The number of aryl methyl sites for hydroxylation is 1. The van der Waals surface area contributed by atoms with Crippen molar-refractivity contribution in [3.63, 3.8) is 0 Å². The van der Waals surface area contributed by atoms with Gasteiger partial charge in [-0.2, -0.15) is 5.10 Å². The Morgan fingerprint density at radius 1 is 1.17 bits per heavy atom. The van der Waals surface area contributed by atoms with Crippen LogP contribution in [0.2, 0.25) is 0 Å². The number of nitrogens with two attached hydrogens (primary N) is 1. The fourth-order valence-electron chi connectivity index (χ4n) is 4.25. The van der Waals surface area contributed by atoms with E-state index >= 15 is 0 Å². The van der Waals surface area contributed by atoms with E-state index in [-0.39, 0.29) is 43.4 Å². The van der Waals surface area contributed by atoms with Crippen molar-refractivity contribution in [3.05, 3.63) is 73.0 Å². The number of anilines is 2. The highest BCUT2D eigenvalue weighted by atomic mass is 16.5. The fraction of sp³-hybridized carbons (Fsp3) is 0.435. The molecule has 3 N–H and O–H groups in total. The highest BCUT2D eigenvalue weighted by Gasteiger charge is 2.26. The molecule has 3 heterocycles. The number of hydrogen-bond donors (Lipinski definition) is 2. The van der Waals surface area contributed by atoms with Crippen LogP contribution in [0.4, 0.5) is 11.5 Å². The SMILES string of the molecule is COCCN(C(=O)Cn1nc2n(c1=O)CCCCC2)c1c(N)n(Cc2ccccc2)c(=O)[nH]c1=O. The van der Waals surface area contributed by atoms with E-state index in [1.54, 1.807) is 4.57 Å². The number of methoxy groups -OCH3 is 1. The van der Waals surface area contributed by atoms with E-state index in [9.17, 15) is 19.2 Å². The van der Waals surface area contributed by atoms with Crippen LogP contribution >= 0.6 is 0 Å². The molecule has 3 aromatic rings. The molecule has 1 aromatic carbocycles. The zero-order valence-corrected chi connectivity index (χ0v) is 19.6. The number of nitrogens with one attached hydrogen (secondary N) is 1. The Kier molecular flexibility index (Phi) is 7.30. The number of ether oxygens (including phenoxy) is 1. The van der Waals surface area contributed by atoms with Crippen LogP contribution in [0.3, 0.4) is 0 Å². The molecule has 0 aliphatic carbocycles. The number of rotatable bonds is 8. The minimum atomic E-state index is -0.797. The molecule has 0 saturated carbocycles. The van der Waals surface area contributed by atoms with Gasteiger partial charge in [0.1, 0.15) is 18.2 Å². The molecule has 4 rings (SSSR count). The summed E-state index contributed by atoms with van der Waals surface area (Å²) in [6.07, 6.45) is 3.49. The zero-order chi connectivity index (χ0) is 24.9. The minimum absolute atomic E-state index is 0.00549. The third-order valence-electron chi connectivity index (χ3n) is 6.05. The van der Waals surface area contributed by atoms with Crippen molar-refractivity contribution >= 4 is 17.4 Å². The number of benzene rings is 1. The average molecular weight is 484 g/mol. The standard InChI is InChI=1S/C23H29N7O5/c1-35-13-12-28(18(31)15-30-23(34)27-11-7-3-6-10-17(27)26-30)19-20(24)29(22(33)25-21(19)32)14-16-8-4-2-5-9-16/h2,4-5,8-9H,3,6-7,10-15,24H2,1H3,(H,25,32,33). The maximum atomic E-state index is 13.4. The molecule has 0 atom stereocenters. The zero-order valence-electron chi connectivity index (χ0n) is 19.6. The first-order valence-electron chi connectivity index (χ1n) is 11.5. The van der Waals surface area contributed by atoms with E-state index < -0.39 is 17.2 Å². The van der Waals surface area contributed by atoms with Gasteiger partial charge in [0.25, 0.3) is 5.56 Å². The quantitative estimate of drug-likeness (QED) is 0.455. The second-order valence-electron chi connectivity index (χ2n) is 8.42. The van der Waals surface area contributed by atoms with Gasteiger partial charge in [-0.15, -0.1) is 0 Å². The van der Waals surface area contributed by atoms with Gasteiger partial charge >= 0.3 is 11.4 Å². The number of nitrogens with zero attached hydrogens (tertiary/aromatic N) is 5. The normalized spacial score (nSPS) is 13.3. The van der Waals surface area contributed by atoms with Crippen LogP contribution in [0, 0.1) is 0 Å². The Hall–Kier alpha value is -3.93. The van der Waals surface area contributed by atoms with Gasteiger partial charge in [0, 0.05) is 26.6 Å². The molecule has 35 heavy (non-hydrogen) atoms. The lowest BCUT2D eigenvalue weighted by molar-refractivity contribution is -0.119. The van der Waals surface area contributed by atoms with E-state index in [2.05, 4.69) is 10.1 Å². The molecular formula is C23H29N7O5. The van der Waals surface area contributed by atoms with Crippen molar-refractivity contribution in [3.8, 4) is 0 Å². The van der Waals surface area contributed by atoms with Crippen molar-refractivity contribution in [1.29, 1.82) is 0 Å². The van der Waals surface area contributed by atoms with E-state index in [0.717, 1.165) is 34.4 Å². The molecule has 0 unspecified atom stereocenters. The lowest BCUT2D eigenvalue weighted by Crippen LogP contribution is -2.44. The van der Waals surface area contributed by atoms with Crippen molar-refractivity contribution in [2.75, 3.05) is 30.9 Å². The first-order chi connectivity index (χ1) is 16.9. The van der Waals surface area contributed by atoms with Crippen LogP contribution in [0.25, 0.3) is 0 Å². The number of amides is 1. The molecule has 0 spiro atoms. The number of carbonyl (C=O) groups is 1. The summed E-state index contributed by atoms with van der Waals surface area (Å²) in [6, 6.07) is 9.12. The highest BCUT2D eigenvalue weighted by Crippen LogP contribution is 2.18. The van der Waals surface area contributed by atoms with Crippen LogP contribution in [0.1, 0.15) is 30.7 Å². The average Bonchev–Trinajstić information content (AvgIpc) is 2.99. The van der Waals surface area contributed by atoms with Crippen LogP contribution in [-0.2, 0) is 35.6 Å². The molecule has 0 radical (unpaired) electrons. The highest BCUT2D eigenvalue weighted by molar-refractivity contribution is 5.95. The smallest absolute Gasteiger partial charge is 0.346 e. The summed E-state index contributed by atoms with van der Waals surface area (Å²) in [5.74, 6) is -0.0722. The van der Waals surface area contributed by atoms with Crippen LogP contribution in [0.5, 0.6) is 0 Å². The van der Waals surface area contributed by atoms with Crippen molar-refractivity contribution in [2.24, 2.45) is 0 Å². The summed E-state index contributed by atoms with van der Waals surface area (Å²) in [4.78, 5) is 55.0. The van der Waals surface area contributed by atoms with Crippen LogP contribution in [-0.4, -0.2) is 50.1 Å². The second kappa shape index (κ2) is 10.6. The molecule has 1 aliphatic heterocycles. The van der Waals surface area contributed by atoms with E-state index in [1.165, 1.54) is 11.7 Å². The Balaban J connectivity index is 1.70. The molecule has 0 bridgehead atoms. The fourth-order valence-corrected chi connectivity index (χ4v) is 4.25. The largest absolute Gasteiger partial charge is 0.383 e. The number of carbonyl (C=O) groups excluding carboxylic acids is 1. The second-order valence-corrected chi connectivity index (χ2v) is 8.42. The summed E-state index contributed by atoms with van der Waals surface area (Å²) in [6.45, 7) is 0.395. The summed E-state index contributed by atoms with van der Waals surface area (Å²) in [7, 11) is 1.46. The molecule has 186 valence electrons. The van der Waals surface area contributed by atoms with Crippen LogP contribution < -0.4 is 27.6 Å². The molecule has 1 aliphatic rings. The van der Waals surface area contributed by atoms with Gasteiger partial charge in [-0.25, -0.2) is 14.3 Å². The van der Waals surface area contributed by atoms with Gasteiger partial charge in [-0.05, 0) is 18.4 Å². The van der Waals surface area contributed by atoms with E-state index in [0.29, 0.717) is 18.8 Å². The number of fused-ring (bicyclic) bond motifs is 1.